The molecule has 0 aromatic heterocycles. The summed E-state index contributed by atoms with van der Waals surface area (Å²) in [6.45, 7) is 5.30. The summed E-state index contributed by atoms with van der Waals surface area (Å²) >= 11 is 0. The monoisotopic (exact) mass is 287 g/mol. The molecule has 0 fully saturated rings. The molecule has 0 aliphatic rings. The van der Waals surface area contributed by atoms with Crippen LogP contribution in [0, 0.1) is 11.8 Å². The van der Waals surface area contributed by atoms with E-state index < -0.39 is 0 Å². The Labute approximate surface area is 122 Å². The van der Waals surface area contributed by atoms with Crippen LogP contribution >= 0.6 is 0 Å². The first-order valence-corrected chi connectivity index (χ1v) is 7.01. The number of hydrogen-bond donors (Lipinski definition) is 1. The fourth-order valence-corrected chi connectivity index (χ4v) is 1.90. The minimum Gasteiger partial charge on any atom is -0.383 e. The Morgan fingerprint density at radius 2 is 1.85 bits per heavy atom. The van der Waals surface area contributed by atoms with Crippen LogP contribution in [-0.2, 0) is 14.3 Å². The van der Waals surface area contributed by atoms with Crippen molar-refractivity contribution >= 4 is 11.8 Å². The lowest BCUT2D eigenvalue weighted by Gasteiger charge is -2.28. The Balaban J connectivity index is 4.80. The molecule has 118 valence electrons. The van der Waals surface area contributed by atoms with Gasteiger partial charge >= 0.3 is 0 Å². The fourth-order valence-electron chi connectivity index (χ4n) is 1.90. The van der Waals surface area contributed by atoms with Gasteiger partial charge in [-0.3, -0.25) is 9.59 Å². The molecule has 0 saturated heterocycles. The maximum Gasteiger partial charge on any atom is 0.241 e. The van der Waals surface area contributed by atoms with Crippen LogP contribution in [0.1, 0.15) is 20.3 Å². The Morgan fingerprint density at radius 1 is 1.25 bits per heavy atom. The first-order valence-electron chi connectivity index (χ1n) is 7.01. The number of amides is 2. The predicted octanol–water partition coefficient (Wildman–Crippen LogP) is 0.171. The molecule has 0 rings (SSSR count). The van der Waals surface area contributed by atoms with Gasteiger partial charge in [-0.1, -0.05) is 13.8 Å². The van der Waals surface area contributed by atoms with E-state index in [2.05, 4.69) is 13.8 Å². The van der Waals surface area contributed by atoms with Crippen molar-refractivity contribution in [2.45, 2.75) is 20.3 Å². The van der Waals surface area contributed by atoms with Gasteiger partial charge in [0.25, 0.3) is 0 Å². The number of likely N-dealkylation sites (N-methyl/N-ethyl adjacent to an activating group) is 1. The molecule has 2 amide bonds. The van der Waals surface area contributed by atoms with Gasteiger partial charge in [0.05, 0.1) is 19.1 Å². The van der Waals surface area contributed by atoms with Crippen LogP contribution in [0.25, 0.3) is 0 Å². The summed E-state index contributed by atoms with van der Waals surface area (Å²) in [5, 5.41) is 0. The van der Waals surface area contributed by atoms with Crippen molar-refractivity contribution in [1.82, 2.24) is 9.80 Å². The van der Waals surface area contributed by atoms with Gasteiger partial charge in [-0.2, -0.15) is 0 Å². The van der Waals surface area contributed by atoms with Gasteiger partial charge in [-0.25, -0.2) is 0 Å². The number of hydrogen-bond acceptors (Lipinski definition) is 4. The molecule has 6 heteroatoms. The van der Waals surface area contributed by atoms with Crippen LogP contribution in [-0.4, -0.2) is 69.1 Å². The molecule has 0 aromatic carbocycles. The molecule has 0 heterocycles. The molecule has 2 N–H and O–H groups in total. The van der Waals surface area contributed by atoms with E-state index in [0.717, 1.165) is 6.42 Å². The van der Waals surface area contributed by atoms with E-state index in [1.807, 2.05) is 0 Å². The Bertz CT molecular complexity index is 306. The molecule has 0 radical (unpaired) electrons. The highest BCUT2D eigenvalue weighted by Gasteiger charge is 2.25. The van der Waals surface area contributed by atoms with Gasteiger partial charge in [0.2, 0.25) is 11.8 Å². The summed E-state index contributed by atoms with van der Waals surface area (Å²) in [4.78, 5) is 27.3. The van der Waals surface area contributed by atoms with Gasteiger partial charge in [-0.15, -0.1) is 0 Å². The van der Waals surface area contributed by atoms with E-state index in [9.17, 15) is 9.59 Å². The smallest absolute Gasteiger partial charge is 0.241 e. The first kappa shape index (κ1) is 18.9. The Morgan fingerprint density at radius 3 is 2.25 bits per heavy atom. The van der Waals surface area contributed by atoms with Gasteiger partial charge in [0.1, 0.15) is 0 Å². The van der Waals surface area contributed by atoms with Crippen LogP contribution in [0.3, 0.4) is 0 Å². The van der Waals surface area contributed by atoms with Gasteiger partial charge in [0, 0.05) is 34.3 Å². The minimum atomic E-state index is -0.234. The molecule has 20 heavy (non-hydrogen) atoms. The molecule has 0 spiro atoms. The highest BCUT2D eigenvalue weighted by molar-refractivity contribution is 5.85. The lowest BCUT2D eigenvalue weighted by atomic mass is 9.96. The second-order valence-electron chi connectivity index (χ2n) is 5.60. The number of methoxy groups -OCH3 is 1. The van der Waals surface area contributed by atoms with E-state index in [1.165, 1.54) is 4.90 Å². The SMILES string of the molecule is COCCN(CC(=O)N(C)C)C(=O)C(CN)CC(C)C. The van der Waals surface area contributed by atoms with Crippen molar-refractivity contribution < 1.29 is 14.3 Å². The van der Waals surface area contributed by atoms with E-state index in [4.69, 9.17) is 10.5 Å². The summed E-state index contributed by atoms with van der Waals surface area (Å²) in [6.07, 6.45) is 0.731. The summed E-state index contributed by atoms with van der Waals surface area (Å²) < 4.78 is 5.01. The molecule has 0 saturated carbocycles. The summed E-state index contributed by atoms with van der Waals surface area (Å²) in [5.74, 6) is -0.00800. The van der Waals surface area contributed by atoms with Gasteiger partial charge < -0.3 is 20.3 Å². The van der Waals surface area contributed by atoms with Crippen molar-refractivity contribution in [1.29, 1.82) is 0 Å². The van der Waals surface area contributed by atoms with E-state index in [-0.39, 0.29) is 24.3 Å². The number of carbonyl (C=O) groups excluding carboxylic acids is 2. The zero-order chi connectivity index (χ0) is 15.7. The highest BCUT2D eigenvalue weighted by atomic mass is 16.5. The van der Waals surface area contributed by atoms with Crippen LogP contribution in [0.2, 0.25) is 0 Å². The topological polar surface area (TPSA) is 75.9 Å². The standard InChI is InChI=1S/C14H29N3O3/c1-11(2)8-12(9-15)14(19)17(6-7-20-5)10-13(18)16(3)4/h11-12H,6-10,15H2,1-5H3. The third-order valence-electron chi connectivity index (χ3n) is 3.09. The normalized spacial score (nSPS) is 12.3. The maximum atomic E-state index is 12.5. The number of carbonyl (C=O) groups is 2. The number of nitrogens with two attached hydrogens (primary N) is 1. The van der Waals surface area contributed by atoms with Crippen LogP contribution in [0.4, 0.5) is 0 Å². The Hall–Kier alpha value is -1.14. The summed E-state index contributed by atoms with van der Waals surface area (Å²) in [6, 6.07) is 0. The average molecular weight is 287 g/mol. The van der Waals surface area contributed by atoms with Crippen molar-refractivity contribution in [2.24, 2.45) is 17.6 Å². The number of ether oxygens (including phenoxy) is 1. The lowest BCUT2D eigenvalue weighted by molar-refractivity contribution is -0.142. The zero-order valence-electron chi connectivity index (χ0n) is 13.4. The largest absolute Gasteiger partial charge is 0.383 e. The van der Waals surface area contributed by atoms with E-state index in [0.29, 0.717) is 25.6 Å². The summed E-state index contributed by atoms with van der Waals surface area (Å²) in [5.41, 5.74) is 5.70. The highest BCUT2D eigenvalue weighted by Crippen LogP contribution is 2.14. The maximum absolute atomic E-state index is 12.5. The molecule has 0 aromatic rings. The molecular formula is C14H29N3O3. The summed E-state index contributed by atoms with van der Waals surface area (Å²) in [7, 11) is 4.93. The van der Waals surface area contributed by atoms with Crippen molar-refractivity contribution in [3.8, 4) is 0 Å². The zero-order valence-corrected chi connectivity index (χ0v) is 13.4. The van der Waals surface area contributed by atoms with Gasteiger partial charge in [0.15, 0.2) is 0 Å². The first-order chi connectivity index (χ1) is 9.33. The Kier molecular flexibility index (Phi) is 9.16. The second-order valence-corrected chi connectivity index (χ2v) is 5.60. The molecule has 0 aliphatic carbocycles. The lowest BCUT2D eigenvalue weighted by Crippen LogP contribution is -2.46. The third kappa shape index (κ3) is 6.86. The molecule has 0 aliphatic heterocycles. The van der Waals surface area contributed by atoms with Crippen molar-refractivity contribution in [2.75, 3.05) is 47.4 Å². The molecule has 1 unspecified atom stereocenters. The second kappa shape index (κ2) is 9.72. The van der Waals surface area contributed by atoms with Crippen LogP contribution in [0.15, 0.2) is 0 Å². The number of nitrogens with zero attached hydrogens (tertiary/aromatic N) is 2. The molecule has 6 nitrogen and oxygen atoms in total. The third-order valence-corrected chi connectivity index (χ3v) is 3.09. The fraction of sp³-hybridized carbons (Fsp3) is 0.857. The van der Waals surface area contributed by atoms with Crippen LogP contribution < -0.4 is 5.73 Å². The van der Waals surface area contributed by atoms with E-state index >= 15 is 0 Å². The van der Waals surface area contributed by atoms with Crippen molar-refractivity contribution in [3.05, 3.63) is 0 Å². The van der Waals surface area contributed by atoms with Crippen molar-refractivity contribution in [3.63, 3.8) is 0 Å². The minimum absolute atomic E-state index is 0.0616. The molecular weight excluding hydrogens is 258 g/mol. The van der Waals surface area contributed by atoms with Gasteiger partial charge in [-0.05, 0) is 12.3 Å². The van der Waals surface area contributed by atoms with E-state index in [1.54, 1.807) is 26.1 Å². The average Bonchev–Trinajstić information content (AvgIpc) is 2.39. The molecule has 0 bridgehead atoms. The number of rotatable bonds is 9. The predicted molar refractivity (Wildman–Crippen MR) is 79.1 cm³/mol. The quantitative estimate of drug-likeness (QED) is 0.656. The molecule has 1 atom stereocenters. The van der Waals surface area contributed by atoms with Crippen LogP contribution in [0.5, 0.6) is 0 Å².